The minimum Gasteiger partial charge on any atom is -0.486 e. The molecule has 0 radical (unpaired) electrons. The molecule has 0 saturated carbocycles. The maximum Gasteiger partial charge on any atom is 0.332 e. The largest absolute Gasteiger partial charge is 0.486 e. The molecule has 28 heavy (non-hydrogen) atoms. The number of aryl methyl sites for hydroxylation is 1. The second kappa shape index (κ2) is 7.22. The summed E-state index contributed by atoms with van der Waals surface area (Å²) in [5, 5.41) is 9.66. The molecule has 3 heterocycles. The number of carbonyl (C=O) groups excluding carboxylic acids is 1. The molecular weight excluding hydrogens is 362 g/mol. The molecule has 144 valence electrons. The molecule has 1 aliphatic heterocycles. The third kappa shape index (κ3) is 3.24. The summed E-state index contributed by atoms with van der Waals surface area (Å²) in [6.07, 6.45) is 1.96. The van der Waals surface area contributed by atoms with E-state index >= 15 is 0 Å². The third-order valence-corrected chi connectivity index (χ3v) is 4.71. The van der Waals surface area contributed by atoms with Crippen molar-refractivity contribution < 1.29 is 23.8 Å². The van der Waals surface area contributed by atoms with E-state index in [1.165, 1.54) is 11.2 Å². The Morgan fingerprint density at radius 3 is 2.89 bits per heavy atom. The Labute approximate surface area is 160 Å². The maximum atomic E-state index is 13.0. The van der Waals surface area contributed by atoms with Crippen LogP contribution in [0.3, 0.4) is 0 Å². The number of carboxylic acids is 1. The van der Waals surface area contributed by atoms with E-state index in [1.54, 1.807) is 13.0 Å². The Bertz CT molecular complexity index is 1010. The zero-order valence-electron chi connectivity index (χ0n) is 15.2. The molecule has 0 bridgehead atoms. The molecule has 0 aliphatic carbocycles. The predicted molar refractivity (Wildman–Crippen MR) is 97.9 cm³/mol. The van der Waals surface area contributed by atoms with Crippen molar-refractivity contribution in [1.29, 1.82) is 0 Å². The van der Waals surface area contributed by atoms with Crippen LogP contribution in [-0.2, 0) is 17.8 Å². The van der Waals surface area contributed by atoms with Crippen LogP contribution < -0.4 is 4.74 Å². The zero-order valence-corrected chi connectivity index (χ0v) is 15.2. The highest BCUT2D eigenvalue weighted by Crippen LogP contribution is 2.30. The topological polar surface area (TPSA) is 109 Å². The number of para-hydroxylation sites is 1. The molecule has 0 unspecified atom stereocenters. The Morgan fingerprint density at radius 2 is 2.14 bits per heavy atom. The number of H-pyrrole nitrogens is 1. The van der Waals surface area contributed by atoms with E-state index in [-0.39, 0.29) is 18.9 Å². The molecule has 2 aromatic heterocycles. The van der Waals surface area contributed by atoms with Gasteiger partial charge in [0.2, 0.25) is 0 Å². The van der Waals surface area contributed by atoms with Gasteiger partial charge in [-0.05, 0) is 25.1 Å². The molecule has 8 heteroatoms. The molecule has 3 aromatic rings. The third-order valence-electron chi connectivity index (χ3n) is 4.71. The number of aromatic amines is 1. The van der Waals surface area contributed by atoms with E-state index in [0.29, 0.717) is 29.2 Å². The van der Waals surface area contributed by atoms with Gasteiger partial charge in [0, 0.05) is 24.2 Å². The normalized spacial score (nSPS) is 15.9. The van der Waals surface area contributed by atoms with Gasteiger partial charge in [-0.3, -0.25) is 4.79 Å². The van der Waals surface area contributed by atoms with Gasteiger partial charge in [0.1, 0.15) is 18.1 Å². The number of carbonyl (C=O) groups is 2. The summed E-state index contributed by atoms with van der Waals surface area (Å²) in [5.74, 6) is -0.286. The van der Waals surface area contributed by atoms with Crippen molar-refractivity contribution in [2.75, 3.05) is 6.54 Å². The number of rotatable bonds is 5. The summed E-state index contributed by atoms with van der Waals surface area (Å²) in [6.45, 7) is 2.19. The minimum atomic E-state index is -1.14. The number of benzene rings is 1. The van der Waals surface area contributed by atoms with Crippen molar-refractivity contribution in [1.82, 2.24) is 14.9 Å². The van der Waals surface area contributed by atoms with Gasteiger partial charge in [0.15, 0.2) is 11.8 Å². The fraction of sp³-hybridized carbons (Fsp3) is 0.250. The Hall–Kier alpha value is -3.55. The quantitative estimate of drug-likeness (QED) is 0.703. The van der Waals surface area contributed by atoms with Gasteiger partial charge in [-0.25, -0.2) is 9.78 Å². The van der Waals surface area contributed by atoms with Gasteiger partial charge < -0.3 is 24.1 Å². The molecule has 4 rings (SSSR count). The van der Waals surface area contributed by atoms with Crippen molar-refractivity contribution >= 4 is 11.9 Å². The lowest BCUT2D eigenvalue weighted by atomic mass is 10.0. The van der Waals surface area contributed by atoms with Crippen LogP contribution >= 0.6 is 0 Å². The van der Waals surface area contributed by atoms with Crippen molar-refractivity contribution in [3.63, 3.8) is 0 Å². The van der Waals surface area contributed by atoms with Crippen molar-refractivity contribution in [2.45, 2.75) is 26.0 Å². The van der Waals surface area contributed by atoms with Crippen LogP contribution in [0.25, 0.3) is 0 Å². The van der Waals surface area contributed by atoms with Gasteiger partial charge in [-0.15, -0.1) is 0 Å². The second-order valence-corrected chi connectivity index (χ2v) is 6.58. The number of amides is 1. The maximum absolute atomic E-state index is 13.0. The highest BCUT2D eigenvalue weighted by Gasteiger charge is 2.39. The molecule has 8 nitrogen and oxygen atoms in total. The lowest BCUT2D eigenvalue weighted by molar-refractivity contribution is -0.143. The van der Waals surface area contributed by atoms with Gasteiger partial charge in [-0.1, -0.05) is 18.2 Å². The predicted octanol–water partition coefficient (Wildman–Crippen LogP) is 2.71. The number of fused-ring (bicyclic) bond motifs is 1. The zero-order chi connectivity index (χ0) is 19.7. The molecular formula is C20H19N3O5. The van der Waals surface area contributed by atoms with Crippen LogP contribution in [0.4, 0.5) is 0 Å². The van der Waals surface area contributed by atoms with Crippen molar-refractivity contribution in [2.24, 2.45) is 0 Å². The summed E-state index contributed by atoms with van der Waals surface area (Å²) in [5.41, 5.74) is 1.74. The average Bonchev–Trinajstić information content (AvgIpc) is 3.32. The van der Waals surface area contributed by atoms with Crippen LogP contribution in [0, 0.1) is 6.92 Å². The SMILES string of the molecule is Cc1cc(COc2ccccc2)oc1C(=O)N1CCc2[nH]cnc2[C@H]1C(=O)O. The summed E-state index contributed by atoms with van der Waals surface area (Å²) < 4.78 is 11.4. The van der Waals surface area contributed by atoms with Gasteiger partial charge >= 0.3 is 5.97 Å². The number of aliphatic carboxylic acids is 1. The molecule has 0 spiro atoms. The van der Waals surface area contributed by atoms with Crippen LogP contribution in [0.5, 0.6) is 5.75 Å². The van der Waals surface area contributed by atoms with Crippen LogP contribution in [0.15, 0.2) is 47.1 Å². The number of imidazole rings is 1. The van der Waals surface area contributed by atoms with Crippen molar-refractivity contribution in [3.05, 3.63) is 71.2 Å². The van der Waals surface area contributed by atoms with Gasteiger partial charge in [-0.2, -0.15) is 0 Å². The highest BCUT2D eigenvalue weighted by atomic mass is 16.5. The molecule has 1 aromatic carbocycles. The first-order valence-corrected chi connectivity index (χ1v) is 8.87. The number of furan rings is 1. The first kappa shape index (κ1) is 17.8. The molecule has 0 fully saturated rings. The van der Waals surface area contributed by atoms with Crippen LogP contribution in [-0.4, -0.2) is 38.4 Å². The Morgan fingerprint density at radius 1 is 1.36 bits per heavy atom. The monoisotopic (exact) mass is 381 g/mol. The Balaban J connectivity index is 1.55. The van der Waals surface area contributed by atoms with E-state index in [2.05, 4.69) is 9.97 Å². The van der Waals surface area contributed by atoms with E-state index in [0.717, 1.165) is 5.69 Å². The van der Waals surface area contributed by atoms with Crippen LogP contribution in [0.1, 0.15) is 39.3 Å². The van der Waals surface area contributed by atoms with Crippen molar-refractivity contribution in [3.8, 4) is 5.75 Å². The lowest BCUT2D eigenvalue weighted by Crippen LogP contribution is -2.43. The number of hydrogen-bond donors (Lipinski definition) is 2. The van der Waals surface area contributed by atoms with Gasteiger partial charge in [0.25, 0.3) is 5.91 Å². The Kier molecular flexibility index (Phi) is 4.60. The van der Waals surface area contributed by atoms with Gasteiger partial charge in [0.05, 0.1) is 12.0 Å². The summed E-state index contributed by atoms with van der Waals surface area (Å²) in [7, 11) is 0. The molecule has 2 N–H and O–H groups in total. The minimum absolute atomic E-state index is 0.122. The number of aromatic nitrogens is 2. The first-order chi connectivity index (χ1) is 13.5. The number of hydrogen-bond acceptors (Lipinski definition) is 5. The fourth-order valence-electron chi connectivity index (χ4n) is 3.38. The molecule has 1 amide bonds. The fourth-order valence-corrected chi connectivity index (χ4v) is 3.38. The van der Waals surface area contributed by atoms with E-state index in [1.807, 2.05) is 30.3 Å². The smallest absolute Gasteiger partial charge is 0.332 e. The second-order valence-electron chi connectivity index (χ2n) is 6.58. The standard InChI is InChI=1S/C20H19N3O5/c1-12-9-14(10-27-13-5-3-2-4-6-13)28-18(12)19(24)23-8-7-15-16(22-11-21-15)17(23)20(25)26/h2-6,9,11,17H,7-8,10H2,1H3,(H,21,22)(H,25,26)/t17-/m0/s1. The molecule has 1 aliphatic rings. The van der Waals surface area contributed by atoms with E-state index in [4.69, 9.17) is 9.15 Å². The van der Waals surface area contributed by atoms with E-state index in [9.17, 15) is 14.7 Å². The number of nitrogens with zero attached hydrogens (tertiary/aromatic N) is 2. The summed E-state index contributed by atoms with van der Waals surface area (Å²) in [6, 6.07) is 9.87. The average molecular weight is 381 g/mol. The summed E-state index contributed by atoms with van der Waals surface area (Å²) >= 11 is 0. The first-order valence-electron chi connectivity index (χ1n) is 8.87. The number of nitrogens with one attached hydrogen (secondary N) is 1. The summed E-state index contributed by atoms with van der Waals surface area (Å²) in [4.78, 5) is 33.2. The lowest BCUT2D eigenvalue weighted by Gasteiger charge is -2.31. The molecule has 1 atom stereocenters. The number of carboxylic acid groups (broad SMARTS) is 1. The highest BCUT2D eigenvalue weighted by molar-refractivity contribution is 5.96. The molecule has 0 saturated heterocycles. The number of ether oxygens (including phenoxy) is 1. The van der Waals surface area contributed by atoms with Crippen LogP contribution in [0.2, 0.25) is 0 Å². The van der Waals surface area contributed by atoms with E-state index < -0.39 is 17.9 Å².